The molecule has 5 heteroatoms. The minimum absolute atomic E-state index is 0.220. The molecule has 0 aliphatic carbocycles. The van der Waals surface area contributed by atoms with Crippen molar-refractivity contribution in [3.8, 4) is 0 Å². The first-order chi connectivity index (χ1) is 9.42. The highest BCUT2D eigenvalue weighted by Gasteiger charge is 2.29. The van der Waals surface area contributed by atoms with E-state index in [2.05, 4.69) is 5.16 Å². The average molecular weight is 293 g/mol. The number of hydrogen-bond acceptors (Lipinski definition) is 5. The Hall–Kier alpha value is -1.62. The van der Waals surface area contributed by atoms with Gasteiger partial charge in [0.05, 0.1) is 0 Å². The van der Waals surface area contributed by atoms with Crippen molar-refractivity contribution in [2.24, 2.45) is 5.16 Å². The third-order valence-corrected chi connectivity index (χ3v) is 4.06. The quantitative estimate of drug-likeness (QED) is 0.349. The van der Waals surface area contributed by atoms with Crippen molar-refractivity contribution in [2.75, 3.05) is 6.26 Å². The molecule has 0 aliphatic heterocycles. The normalized spacial score (nSPS) is 12.1. The van der Waals surface area contributed by atoms with E-state index in [0.717, 1.165) is 0 Å². The van der Waals surface area contributed by atoms with Gasteiger partial charge in [-0.1, -0.05) is 42.4 Å². The summed E-state index contributed by atoms with van der Waals surface area (Å²) in [5, 5.41) is 3.74. The predicted octanol–water partition coefficient (Wildman–Crippen LogP) is 3.32. The van der Waals surface area contributed by atoms with Crippen LogP contribution in [0.1, 0.15) is 37.6 Å². The first-order valence-corrected chi connectivity index (χ1v) is 7.58. The number of ketones is 1. The first-order valence-electron chi connectivity index (χ1n) is 6.35. The van der Waals surface area contributed by atoms with Crippen molar-refractivity contribution in [3.05, 3.63) is 35.9 Å². The number of hydrogen-bond donors (Lipinski definition) is 0. The molecule has 0 radical (unpaired) electrons. The van der Waals surface area contributed by atoms with Gasteiger partial charge in [0.25, 0.3) is 0 Å². The van der Waals surface area contributed by atoms with Crippen molar-refractivity contribution in [1.29, 1.82) is 0 Å². The molecule has 0 heterocycles. The topological polar surface area (TPSA) is 55.7 Å². The summed E-state index contributed by atoms with van der Waals surface area (Å²) in [6.07, 6.45) is 2.22. The summed E-state index contributed by atoms with van der Waals surface area (Å²) in [6.45, 7) is 5.30. The van der Waals surface area contributed by atoms with Crippen LogP contribution in [-0.2, 0) is 9.63 Å². The van der Waals surface area contributed by atoms with E-state index < -0.39 is 10.7 Å². The molecule has 0 unspecified atom stereocenters. The van der Waals surface area contributed by atoms with Gasteiger partial charge in [-0.2, -0.15) is 0 Å². The number of carbonyl (C=O) groups excluding carboxylic acids is 2. The van der Waals surface area contributed by atoms with E-state index in [4.69, 9.17) is 4.84 Å². The van der Waals surface area contributed by atoms with Gasteiger partial charge in [0.1, 0.15) is 10.5 Å². The van der Waals surface area contributed by atoms with Crippen LogP contribution in [0.25, 0.3) is 0 Å². The summed E-state index contributed by atoms with van der Waals surface area (Å²) in [4.78, 5) is 28.9. The molecule has 0 spiro atoms. The summed E-state index contributed by atoms with van der Waals surface area (Å²) in [5.74, 6) is -0.681. The second-order valence-corrected chi connectivity index (χ2v) is 6.11. The van der Waals surface area contributed by atoms with Crippen LogP contribution in [-0.4, -0.2) is 28.5 Å². The SMILES string of the molecule is CC/C(=N\OC(=O)C(C)(C)SC)C(=O)c1ccccc1. The Morgan fingerprint density at radius 3 is 2.35 bits per heavy atom. The third kappa shape index (κ3) is 4.20. The molecule has 0 atom stereocenters. The van der Waals surface area contributed by atoms with Crippen molar-refractivity contribution in [2.45, 2.75) is 31.9 Å². The lowest BCUT2D eigenvalue weighted by atomic mass is 10.1. The molecule has 0 N–H and O–H groups in total. The lowest BCUT2D eigenvalue weighted by Crippen LogP contribution is -2.29. The summed E-state index contributed by atoms with van der Waals surface area (Å²) in [5.41, 5.74) is 0.773. The zero-order valence-corrected chi connectivity index (χ0v) is 13.0. The van der Waals surface area contributed by atoms with Crippen molar-refractivity contribution < 1.29 is 14.4 Å². The van der Waals surface area contributed by atoms with E-state index in [1.54, 1.807) is 45.0 Å². The molecule has 0 bridgehead atoms. The maximum Gasteiger partial charge on any atom is 0.350 e. The van der Waals surface area contributed by atoms with Crippen LogP contribution < -0.4 is 0 Å². The maximum atomic E-state index is 12.2. The van der Waals surface area contributed by atoms with Gasteiger partial charge in [-0.05, 0) is 26.5 Å². The number of carbonyl (C=O) groups is 2. The number of nitrogens with zero attached hydrogens (tertiary/aromatic N) is 1. The van der Waals surface area contributed by atoms with Crippen molar-refractivity contribution in [3.63, 3.8) is 0 Å². The molecule has 0 saturated carbocycles. The molecule has 20 heavy (non-hydrogen) atoms. The summed E-state index contributed by atoms with van der Waals surface area (Å²) < 4.78 is -0.682. The van der Waals surface area contributed by atoms with Gasteiger partial charge in [-0.3, -0.25) is 4.79 Å². The van der Waals surface area contributed by atoms with Crippen LogP contribution in [0.3, 0.4) is 0 Å². The van der Waals surface area contributed by atoms with Gasteiger partial charge < -0.3 is 4.84 Å². The smallest absolute Gasteiger partial charge is 0.316 e. The second kappa shape index (κ2) is 7.24. The Kier molecular flexibility index (Phi) is 5.95. The molecule has 1 aromatic rings. The van der Waals surface area contributed by atoms with E-state index in [9.17, 15) is 9.59 Å². The maximum absolute atomic E-state index is 12.2. The van der Waals surface area contributed by atoms with E-state index >= 15 is 0 Å². The Bertz CT molecular complexity index is 509. The van der Waals surface area contributed by atoms with Gasteiger partial charge in [0, 0.05) is 5.56 Å². The summed E-state index contributed by atoms with van der Waals surface area (Å²) in [7, 11) is 0. The number of benzene rings is 1. The van der Waals surface area contributed by atoms with E-state index in [1.165, 1.54) is 11.8 Å². The lowest BCUT2D eigenvalue weighted by Gasteiger charge is -2.17. The number of rotatable bonds is 6. The second-order valence-electron chi connectivity index (χ2n) is 4.68. The zero-order chi connectivity index (χ0) is 15.2. The molecular formula is C15H19NO3S. The largest absolute Gasteiger partial charge is 0.350 e. The average Bonchev–Trinajstić information content (AvgIpc) is 2.48. The number of oxime groups is 1. The van der Waals surface area contributed by atoms with Gasteiger partial charge in [0.15, 0.2) is 0 Å². The lowest BCUT2D eigenvalue weighted by molar-refractivity contribution is -0.145. The Labute approximate surface area is 123 Å². The molecule has 1 aromatic carbocycles. The van der Waals surface area contributed by atoms with Crippen LogP contribution in [0, 0.1) is 0 Å². The van der Waals surface area contributed by atoms with Crippen LogP contribution in [0.15, 0.2) is 35.5 Å². The van der Waals surface area contributed by atoms with Gasteiger partial charge in [-0.25, -0.2) is 4.79 Å². The monoisotopic (exact) mass is 293 g/mol. The van der Waals surface area contributed by atoms with Crippen LogP contribution in [0.5, 0.6) is 0 Å². The molecule has 0 aromatic heterocycles. The van der Waals surface area contributed by atoms with Crippen LogP contribution in [0.2, 0.25) is 0 Å². The van der Waals surface area contributed by atoms with Crippen LogP contribution >= 0.6 is 11.8 Å². The molecule has 0 aliphatic rings. The molecule has 0 saturated heterocycles. The molecule has 108 valence electrons. The highest BCUT2D eigenvalue weighted by atomic mass is 32.2. The van der Waals surface area contributed by atoms with E-state index in [0.29, 0.717) is 12.0 Å². The fourth-order valence-electron chi connectivity index (χ4n) is 1.31. The minimum Gasteiger partial charge on any atom is -0.316 e. The zero-order valence-electron chi connectivity index (χ0n) is 12.2. The van der Waals surface area contributed by atoms with Gasteiger partial charge >= 0.3 is 5.97 Å². The fourth-order valence-corrected chi connectivity index (χ4v) is 1.52. The summed E-state index contributed by atoms with van der Waals surface area (Å²) >= 11 is 1.37. The standard InChI is InChI=1S/C15H19NO3S/c1-5-12(13(17)11-9-7-6-8-10-11)16-19-14(18)15(2,3)20-4/h6-10H,5H2,1-4H3/b16-12+. The van der Waals surface area contributed by atoms with E-state index in [-0.39, 0.29) is 11.5 Å². The van der Waals surface area contributed by atoms with Crippen LogP contribution in [0.4, 0.5) is 0 Å². The van der Waals surface area contributed by atoms with Gasteiger partial charge in [-0.15, -0.1) is 11.8 Å². The Morgan fingerprint density at radius 2 is 1.85 bits per heavy atom. The molecule has 1 rings (SSSR count). The molecule has 0 fully saturated rings. The fraction of sp³-hybridized carbons (Fsp3) is 0.400. The Balaban J connectivity index is 2.84. The third-order valence-electron chi connectivity index (χ3n) is 2.87. The summed E-state index contributed by atoms with van der Waals surface area (Å²) in [6, 6.07) is 8.82. The number of Topliss-reactive ketones (excluding diaryl/α,β-unsaturated/α-hetero) is 1. The molecular weight excluding hydrogens is 274 g/mol. The Morgan fingerprint density at radius 1 is 1.25 bits per heavy atom. The van der Waals surface area contributed by atoms with E-state index in [1.807, 2.05) is 12.3 Å². The predicted molar refractivity (Wildman–Crippen MR) is 82.2 cm³/mol. The molecule has 0 amide bonds. The van der Waals surface area contributed by atoms with Crippen molar-refractivity contribution in [1.82, 2.24) is 0 Å². The minimum atomic E-state index is -0.682. The van der Waals surface area contributed by atoms with Crippen molar-refractivity contribution >= 4 is 29.2 Å². The molecule has 4 nitrogen and oxygen atoms in total. The number of thioether (sulfide) groups is 1. The highest BCUT2D eigenvalue weighted by molar-refractivity contribution is 8.00. The first kappa shape index (κ1) is 16.4. The highest BCUT2D eigenvalue weighted by Crippen LogP contribution is 2.22. The van der Waals surface area contributed by atoms with Gasteiger partial charge in [0.2, 0.25) is 5.78 Å².